The molecule has 0 atom stereocenters. The molecule has 0 aliphatic rings. The van der Waals surface area contributed by atoms with E-state index in [1.165, 1.54) is 26.2 Å². The number of rotatable bonds is 8. The second kappa shape index (κ2) is 8.82. The largest absolute Gasteiger partial charge is 0.484 e. The van der Waals surface area contributed by atoms with E-state index in [2.05, 4.69) is 5.32 Å². The van der Waals surface area contributed by atoms with Crippen LogP contribution in [-0.4, -0.2) is 45.9 Å². The summed E-state index contributed by atoms with van der Waals surface area (Å²) in [7, 11) is -0.525. The zero-order chi connectivity index (χ0) is 19.2. The molecule has 0 saturated carbocycles. The fourth-order valence-corrected chi connectivity index (χ4v) is 3.33. The quantitative estimate of drug-likeness (QED) is 0.764. The molecule has 7 heteroatoms. The summed E-state index contributed by atoms with van der Waals surface area (Å²) >= 11 is 0. The van der Waals surface area contributed by atoms with Crippen LogP contribution in [0.5, 0.6) is 5.75 Å². The standard InChI is InChI=1S/C19H24N2O4S/c1-15-13-17(26(23,24)21(2)3)9-10-18(15)25-14-19(22)20-12-11-16-7-5-4-6-8-16/h4-10,13H,11-12,14H2,1-3H3,(H,20,22). The molecule has 0 fully saturated rings. The summed E-state index contributed by atoms with van der Waals surface area (Å²) in [5, 5.41) is 2.80. The molecule has 0 bridgehead atoms. The van der Waals surface area contributed by atoms with Crippen molar-refractivity contribution in [1.29, 1.82) is 0 Å². The van der Waals surface area contributed by atoms with E-state index in [-0.39, 0.29) is 17.4 Å². The lowest BCUT2D eigenvalue weighted by Gasteiger charge is -2.14. The van der Waals surface area contributed by atoms with Gasteiger partial charge >= 0.3 is 0 Å². The topological polar surface area (TPSA) is 75.7 Å². The molecule has 0 aliphatic carbocycles. The van der Waals surface area contributed by atoms with Gasteiger partial charge < -0.3 is 10.1 Å². The molecule has 2 aromatic carbocycles. The third kappa shape index (κ3) is 5.31. The number of hydrogen-bond acceptors (Lipinski definition) is 4. The van der Waals surface area contributed by atoms with Crippen molar-refractivity contribution in [1.82, 2.24) is 9.62 Å². The predicted molar refractivity (Wildman–Crippen MR) is 101 cm³/mol. The van der Waals surface area contributed by atoms with E-state index in [4.69, 9.17) is 4.74 Å². The molecule has 0 heterocycles. The number of carbonyl (C=O) groups is 1. The van der Waals surface area contributed by atoms with Gasteiger partial charge in [0.25, 0.3) is 5.91 Å². The van der Waals surface area contributed by atoms with Crippen LogP contribution < -0.4 is 10.1 Å². The van der Waals surface area contributed by atoms with Gasteiger partial charge in [0.2, 0.25) is 10.0 Å². The van der Waals surface area contributed by atoms with Crippen LogP contribution >= 0.6 is 0 Å². The maximum Gasteiger partial charge on any atom is 0.257 e. The molecule has 26 heavy (non-hydrogen) atoms. The lowest BCUT2D eigenvalue weighted by atomic mass is 10.1. The van der Waals surface area contributed by atoms with Crippen LogP contribution in [0, 0.1) is 6.92 Å². The second-order valence-electron chi connectivity index (χ2n) is 6.09. The fraction of sp³-hybridized carbons (Fsp3) is 0.316. The molecule has 0 aromatic heterocycles. The summed E-state index contributed by atoms with van der Waals surface area (Å²) in [6, 6.07) is 14.5. The zero-order valence-electron chi connectivity index (χ0n) is 15.2. The van der Waals surface area contributed by atoms with Gasteiger partial charge in [-0.25, -0.2) is 12.7 Å². The lowest BCUT2D eigenvalue weighted by Crippen LogP contribution is -2.30. The number of aryl methyl sites for hydroxylation is 1. The molecule has 0 spiro atoms. The maximum absolute atomic E-state index is 12.1. The molecule has 1 N–H and O–H groups in total. The summed E-state index contributed by atoms with van der Waals surface area (Å²) in [5.74, 6) is 0.270. The summed E-state index contributed by atoms with van der Waals surface area (Å²) in [4.78, 5) is 12.1. The van der Waals surface area contributed by atoms with Gasteiger partial charge in [-0.3, -0.25) is 4.79 Å². The highest BCUT2D eigenvalue weighted by Gasteiger charge is 2.18. The Balaban J connectivity index is 1.86. The van der Waals surface area contributed by atoms with Gasteiger partial charge in [-0.1, -0.05) is 30.3 Å². The van der Waals surface area contributed by atoms with E-state index in [0.717, 1.165) is 16.3 Å². The van der Waals surface area contributed by atoms with Crippen molar-refractivity contribution < 1.29 is 17.9 Å². The highest BCUT2D eigenvalue weighted by molar-refractivity contribution is 7.89. The Labute approximate surface area is 154 Å². The number of hydrogen-bond donors (Lipinski definition) is 1. The Morgan fingerprint density at radius 1 is 1.12 bits per heavy atom. The molecule has 0 aliphatic heterocycles. The molecule has 2 aromatic rings. The van der Waals surface area contributed by atoms with Crippen LogP contribution in [-0.2, 0) is 21.2 Å². The number of sulfonamides is 1. The third-order valence-corrected chi connectivity index (χ3v) is 5.67. The van der Waals surface area contributed by atoms with Crippen LogP contribution in [0.25, 0.3) is 0 Å². The van der Waals surface area contributed by atoms with Gasteiger partial charge in [-0.15, -0.1) is 0 Å². The number of nitrogens with zero attached hydrogens (tertiary/aromatic N) is 1. The average molecular weight is 376 g/mol. The van der Waals surface area contributed by atoms with E-state index in [1.807, 2.05) is 30.3 Å². The molecule has 140 valence electrons. The summed E-state index contributed by atoms with van der Waals surface area (Å²) < 4.78 is 30.9. The van der Waals surface area contributed by atoms with Crippen molar-refractivity contribution in [2.24, 2.45) is 0 Å². The smallest absolute Gasteiger partial charge is 0.257 e. The number of amides is 1. The van der Waals surface area contributed by atoms with Crippen LogP contribution in [0.1, 0.15) is 11.1 Å². The molecule has 0 unspecified atom stereocenters. The SMILES string of the molecule is Cc1cc(S(=O)(=O)N(C)C)ccc1OCC(=O)NCCc1ccccc1. The first kappa shape index (κ1) is 19.9. The van der Waals surface area contributed by atoms with Crippen molar-refractivity contribution in [3.05, 3.63) is 59.7 Å². The Morgan fingerprint density at radius 3 is 2.42 bits per heavy atom. The molecule has 0 radical (unpaired) electrons. The van der Waals surface area contributed by atoms with Gasteiger partial charge in [0, 0.05) is 20.6 Å². The normalized spacial score (nSPS) is 11.4. The predicted octanol–water partition coefficient (Wildman–Crippen LogP) is 1.98. The third-order valence-electron chi connectivity index (χ3n) is 3.86. The molecule has 6 nitrogen and oxygen atoms in total. The Hall–Kier alpha value is -2.38. The van der Waals surface area contributed by atoms with E-state index >= 15 is 0 Å². The number of benzene rings is 2. The van der Waals surface area contributed by atoms with Crippen LogP contribution in [0.4, 0.5) is 0 Å². The average Bonchev–Trinajstić information content (AvgIpc) is 2.61. The fourth-order valence-electron chi connectivity index (χ4n) is 2.34. The van der Waals surface area contributed by atoms with Crippen LogP contribution in [0.3, 0.4) is 0 Å². The first-order valence-electron chi connectivity index (χ1n) is 8.27. The van der Waals surface area contributed by atoms with Crippen LogP contribution in [0.15, 0.2) is 53.4 Å². The lowest BCUT2D eigenvalue weighted by molar-refractivity contribution is -0.123. The first-order valence-corrected chi connectivity index (χ1v) is 9.71. The molecule has 1 amide bonds. The van der Waals surface area contributed by atoms with Crippen molar-refractivity contribution in [2.45, 2.75) is 18.2 Å². The van der Waals surface area contributed by atoms with Gasteiger partial charge in [-0.2, -0.15) is 0 Å². The summed E-state index contributed by atoms with van der Waals surface area (Å²) in [6.07, 6.45) is 0.753. The number of ether oxygens (including phenoxy) is 1. The maximum atomic E-state index is 12.1. The minimum atomic E-state index is -3.49. The van der Waals surface area contributed by atoms with Gasteiger partial charge in [0.15, 0.2) is 6.61 Å². The van der Waals surface area contributed by atoms with E-state index in [0.29, 0.717) is 17.9 Å². The van der Waals surface area contributed by atoms with Crippen molar-refractivity contribution in [2.75, 3.05) is 27.2 Å². The highest BCUT2D eigenvalue weighted by atomic mass is 32.2. The number of carbonyl (C=O) groups excluding carboxylic acids is 1. The van der Waals surface area contributed by atoms with E-state index in [9.17, 15) is 13.2 Å². The monoisotopic (exact) mass is 376 g/mol. The number of nitrogens with one attached hydrogen (secondary N) is 1. The van der Waals surface area contributed by atoms with E-state index in [1.54, 1.807) is 13.0 Å². The minimum absolute atomic E-state index is 0.116. The van der Waals surface area contributed by atoms with E-state index < -0.39 is 10.0 Å². The molecular weight excluding hydrogens is 352 g/mol. The first-order chi connectivity index (χ1) is 12.3. The summed E-state index contributed by atoms with van der Waals surface area (Å²) in [6.45, 7) is 2.16. The highest BCUT2D eigenvalue weighted by Crippen LogP contribution is 2.23. The molecule has 0 saturated heterocycles. The molecular formula is C19H24N2O4S. The second-order valence-corrected chi connectivity index (χ2v) is 8.24. The van der Waals surface area contributed by atoms with Crippen molar-refractivity contribution >= 4 is 15.9 Å². The van der Waals surface area contributed by atoms with Crippen LogP contribution in [0.2, 0.25) is 0 Å². The van der Waals surface area contributed by atoms with Crippen molar-refractivity contribution in [3.8, 4) is 5.75 Å². The molecule has 2 rings (SSSR count). The minimum Gasteiger partial charge on any atom is -0.484 e. The summed E-state index contributed by atoms with van der Waals surface area (Å²) in [5.41, 5.74) is 1.81. The van der Waals surface area contributed by atoms with Gasteiger partial charge in [0.05, 0.1) is 4.90 Å². The van der Waals surface area contributed by atoms with Gasteiger partial charge in [0.1, 0.15) is 5.75 Å². The van der Waals surface area contributed by atoms with Crippen molar-refractivity contribution in [3.63, 3.8) is 0 Å². The Kier molecular flexibility index (Phi) is 6.76. The zero-order valence-corrected chi connectivity index (χ0v) is 16.0. The Morgan fingerprint density at radius 2 is 1.81 bits per heavy atom. The van der Waals surface area contributed by atoms with Gasteiger partial charge in [-0.05, 0) is 42.7 Å². The Bertz CT molecular complexity index is 849.